The van der Waals surface area contributed by atoms with Crippen molar-refractivity contribution in [1.82, 2.24) is 9.55 Å². The average Bonchev–Trinajstić information content (AvgIpc) is 3.04. The first-order chi connectivity index (χ1) is 14.1. The van der Waals surface area contributed by atoms with Crippen LogP contribution in [0, 0.1) is 5.82 Å². The maximum absolute atomic E-state index is 13.3. The predicted octanol–water partition coefficient (Wildman–Crippen LogP) is 4.59. The monoisotopic (exact) mass is 392 g/mol. The van der Waals surface area contributed by atoms with Crippen molar-refractivity contribution in [1.29, 1.82) is 0 Å². The Morgan fingerprint density at radius 1 is 1.03 bits per heavy atom. The number of benzene rings is 3. The van der Waals surface area contributed by atoms with E-state index in [1.165, 1.54) is 12.1 Å². The van der Waals surface area contributed by atoms with Gasteiger partial charge in [-0.05, 0) is 48.4 Å². The summed E-state index contributed by atoms with van der Waals surface area (Å²) in [6, 6.07) is 17.6. The van der Waals surface area contributed by atoms with E-state index >= 15 is 0 Å². The van der Waals surface area contributed by atoms with Gasteiger partial charge in [-0.25, -0.2) is 9.18 Å². The summed E-state index contributed by atoms with van der Waals surface area (Å²) in [6.07, 6.45) is 0. The van der Waals surface area contributed by atoms with Crippen LogP contribution in [0.4, 0.5) is 4.39 Å². The van der Waals surface area contributed by atoms with Gasteiger partial charge in [-0.3, -0.25) is 4.57 Å². The first-order valence-electron chi connectivity index (χ1n) is 9.38. The summed E-state index contributed by atoms with van der Waals surface area (Å²) < 4.78 is 25.9. The van der Waals surface area contributed by atoms with Crippen molar-refractivity contribution < 1.29 is 13.9 Å². The van der Waals surface area contributed by atoms with Crippen molar-refractivity contribution in [3.63, 3.8) is 0 Å². The third-order valence-electron chi connectivity index (χ3n) is 4.83. The quantitative estimate of drug-likeness (QED) is 0.522. The number of nitrogens with zero attached hydrogens (tertiary/aromatic N) is 1. The molecular weight excluding hydrogens is 371 g/mol. The lowest BCUT2D eigenvalue weighted by Crippen LogP contribution is -2.17. The second-order valence-corrected chi connectivity index (χ2v) is 6.64. The number of H-pyrrole nitrogens is 1. The molecule has 4 rings (SSSR count). The molecule has 0 amide bonds. The molecule has 3 aromatic carbocycles. The molecule has 0 unspecified atom stereocenters. The molecule has 0 saturated heterocycles. The highest BCUT2D eigenvalue weighted by atomic mass is 19.1. The second-order valence-electron chi connectivity index (χ2n) is 6.64. The van der Waals surface area contributed by atoms with E-state index in [4.69, 9.17) is 9.47 Å². The minimum atomic E-state index is -0.295. The number of aromatic nitrogens is 2. The molecule has 0 fully saturated rings. The minimum Gasteiger partial charge on any atom is -0.493 e. The minimum absolute atomic E-state index is 0.205. The highest BCUT2D eigenvalue weighted by molar-refractivity contribution is 5.92. The average molecular weight is 392 g/mol. The fraction of sp³-hybridized carbons (Fsp3) is 0.174. The van der Waals surface area contributed by atoms with Crippen LogP contribution >= 0.6 is 0 Å². The summed E-state index contributed by atoms with van der Waals surface area (Å²) >= 11 is 0. The van der Waals surface area contributed by atoms with Crippen LogP contribution in [0.15, 0.2) is 65.5 Å². The molecule has 0 aliphatic rings. The number of hydrogen-bond acceptors (Lipinski definition) is 3. The first kappa shape index (κ1) is 18.8. The van der Waals surface area contributed by atoms with Gasteiger partial charge in [0.1, 0.15) is 5.82 Å². The summed E-state index contributed by atoms with van der Waals surface area (Å²) in [4.78, 5) is 15.7. The highest BCUT2D eigenvalue weighted by Gasteiger charge is 2.13. The Labute approximate surface area is 167 Å². The van der Waals surface area contributed by atoms with Gasteiger partial charge in [0.15, 0.2) is 11.5 Å². The number of para-hydroxylation sites is 1. The predicted molar refractivity (Wildman–Crippen MR) is 111 cm³/mol. The Bertz CT molecular complexity index is 1210. The zero-order valence-electron chi connectivity index (χ0n) is 16.2. The SMILES string of the molecule is CCOc1cc(Cn2c(=O)[nH]c3c(-c4ccc(F)cc4)cccc32)ccc1OC. The smallest absolute Gasteiger partial charge is 0.326 e. The Morgan fingerprint density at radius 3 is 2.55 bits per heavy atom. The second kappa shape index (κ2) is 7.83. The molecule has 0 spiro atoms. The van der Waals surface area contributed by atoms with Crippen LogP contribution in [0.2, 0.25) is 0 Å². The lowest BCUT2D eigenvalue weighted by Gasteiger charge is -2.11. The van der Waals surface area contributed by atoms with Crippen molar-refractivity contribution >= 4 is 11.0 Å². The molecule has 1 N–H and O–H groups in total. The zero-order chi connectivity index (χ0) is 20.4. The summed E-state index contributed by atoms with van der Waals surface area (Å²) in [7, 11) is 1.60. The molecule has 148 valence electrons. The maximum atomic E-state index is 13.3. The molecule has 1 heterocycles. The van der Waals surface area contributed by atoms with Gasteiger partial charge in [-0.2, -0.15) is 0 Å². The molecule has 0 aliphatic carbocycles. The third-order valence-corrected chi connectivity index (χ3v) is 4.83. The number of methoxy groups -OCH3 is 1. The number of ether oxygens (including phenoxy) is 2. The van der Waals surface area contributed by atoms with Gasteiger partial charge in [0.2, 0.25) is 0 Å². The molecule has 0 radical (unpaired) electrons. The van der Waals surface area contributed by atoms with Crippen LogP contribution in [0.5, 0.6) is 11.5 Å². The molecule has 0 atom stereocenters. The van der Waals surface area contributed by atoms with E-state index in [1.807, 2.05) is 43.3 Å². The standard InChI is InChI=1S/C23H21FN2O3/c1-3-29-21-13-15(7-12-20(21)28-2)14-26-19-6-4-5-18(22(19)25-23(26)27)16-8-10-17(24)11-9-16/h4-13H,3,14H2,1-2H3,(H,25,27). The Kier molecular flexibility index (Phi) is 5.08. The molecule has 0 saturated carbocycles. The Hall–Kier alpha value is -3.54. The van der Waals surface area contributed by atoms with Gasteiger partial charge in [-0.1, -0.05) is 30.3 Å². The van der Waals surface area contributed by atoms with Crippen LogP contribution in [0.3, 0.4) is 0 Å². The van der Waals surface area contributed by atoms with E-state index in [0.29, 0.717) is 24.7 Å². The van der Waals surface area contributed by atoms with E-state index in [1.54, 1.807) is 23.8 Å². The van der Waals surface area contributed by atoms with E-state index in [2.05, 4.69) is 4.98 Å². The van der Waals surface area contributed by atoms with Crippen molar-refractivity contribution in [3.8, 4) is 22.6 Å². The van der Waals surface area contributed by atoms with E-state index in [9.17, 15) is 9.18 Å². The highest BCUT2D eigenvalue weighted by Crippen LogP contribution is 2.30. The zero-order valence-corrected chi connectivity index (χ0v) is 16.2. The van der Waals surface area contributed by atoms with E-state index < -0.39 is 0 Å². The topological polar surface area (TPSA) is 56.2 Å². The summed E-state index contributed by atoms with van der Waals surface area (Å²) in [5, 5.41) is 0. The van der Waals surface area contributed by atoms with Gasteiger partial charge < -0.3 is 14.5 Å². The lowest BCUT2D eigenvalue weighted by atomic mass is 10.0. The lowest BCUT2D eigenvalue weighted by molar-refractivity contribution is 0.310. The van der Waals surface area contributed by atoms with Crippen LogP contribution in [-0.4, -0.2) is 23.3 Å². The summed E-state index contributed by atoms with van der Waals surface area (Å²) in [5.74, 6) is 1.00. The van der Waals surface area contributed by atoms with Crippen molar-refractivity contribution in [3.05, 3.63) is 82.5 Å². The molecule has 1 aromatic heterocycles. The molecule has 5 nitrogen and oxygen atoms in total. The number of hydrogen-bond donors (Lipinski definition) is 1. The Morgan fingerprint density at radius 2 is 1.83 bits per heavy atom. The van der Waals surface area contributed by atoms with Gasteiger partial charge in [0, 0.05) is 5.56 Å². The molecular formula is C23H21FN2O3. The van der Waals surface area contributed by atoms with Crippen molar-refractivity contribution in [2.24, 2.45) is 0 Å². The first-order valence-corrected chi connectivity index (χ1v) is 9.38. The number of halogens is 1. The van der Waals surface area contributed by atoms with Crippen molar-refractivity contribution in [2.45, 2.75) is 13.5 Å². The van der Waals surface area contributed by atoms with E-state index in [-0.39, 0.29) is 11.5 Å². The maximum Gasteiger partial charge on any atom is 0.326 e. The number of imidazole rings is 1. The van der Waals surface area contributed by atoms with Gasteiger partial charge in [0.05, 0.1) is 31.3 Å². The molecule has 0 aliphatic heterocycles. The molecule has 4 aromatic rings. The normalized spacial score (nSPS) is 11.0. The van der Waals surface area contributed by atoms with Crippen LogP contribution in [0.25, 0.3) is 22.2 Å². The molecule has 0 bridgehead atoms. The number of fused-ring (bicyclic) bond motifs is 1. The fourth-order valence-corrected chi connectivity index (χ4v) is 3.48. The number of rotatable bonds is 6. The van der Waals surface area contributed by atoms with Crippen LogP contribution in [0.1, 0.15) is 12.5 Å². The summed E-state index contributed by atoms with van der Waals surface area (Å²) in [6.45, 7) is 2.82. The van der Waals surface area contributed by atoms with Gasteiger partial charge in [0.25, 0.3) is 0 Å². The van der Waals surface area contributed by atoms with Crippen molar-refractivity contribution in [2.75, 3.05) is 13.7 Å². The number of aromatic amines is 1. The molecule has 29 heavy (non-hydrogen) atoms. The largest absolute Gasteiger partial charge is 0.493 e. The third kappa shape index (κ3) is 3.61. The fourth-order valence-electron chi connectivity index (χ4n) is 3.48. The van der Waals surface area contributed by atoms with Gasteiger partial charge in [-0.15, -0.1) is 0 Å². The summed E-state index contributed by atoms with van der Waals surface area (Å²) in [5.41, 5.74) is 3.91. The van der Waals surface area contributed by atoms with Crippen LogP contribution < -0.4 is 15.2 Å². The number of nitrogens with one attached hydrogen (secondary N) is 1. The van der Waals surface area contributed by atoms with Crippen LogP contribution in [-0.2, 0) is 6.54 Å². The Balaban J connectivity index is 1.77. The van der Waals surface area contributed by atoms with Gasteiger partial charge >= 0.3 is 5.69 Å². The molecule has 6 heteroatoms. The van der Waals surface area contributed by atoms with E-state index in [0.717, 1.165) is 27.7 Å².